The van der Waals surface area contributed by atoms with E-state index in [1.54, 1.807) is 23.5 Å². The second-order valence-corrected chi connectivity index (χ2v) is 8.56. The number of benzene rings is 1. The first-order valence-corrected chi connectivity index (χ1v) is 10.8. The zero-order chi connectivity index (χ0) is 19.7. The minimum Gasteiger partial charge on any atom is -0.319 e. The fourth-order valence-electron chi connectivity index (χ4n) is 4.16. The number of amides is 3. The Kier molecular flexibility index (Phi) is 5.06. The number of nitrogens with zero attached hydrogens (tertiary/aromatic N) is 1. The lowest BCUT2D eigenvalue weighted by atomic mass is 9.80. The van der Waals surface area contributed by atoms with Crippen LogP contribution in [0, 0.1) is 0 Å². The Morgan fingerprint density at radius 3 is 2.75 bits per heavy atom. The first-order chi connectivity index (χ1) is 13.5. The molecule has 0 radical (unpaired) electrons. The van der Waals surface area contributed by atoms with Crippen LogP contribution in [0.25, 0.3) is 0 Å². The summed E-state index contributed by atoms with van der Waals surface area (Å²) in [6, 6.07) is 8.94. The summed E-state index contributed by atoms with van der Waals surface area (Å²) < 4.78 is 0. The van der Waals surface area contributed by atoms with Gasteiger partial charge in [-0.05, 0) is 49.1 Å². The van der Waals surface area contributed by atoms with Crippen LogP contribution in [0.4, 0.5) is 4.79 Å². The van der Waals surface area contributed by atoms with Gasteiger partial charge >= 0.3 is 6.03 Å². The maximum atomic E-state index is 13.2. The molecule has 6 heteroatoms. The molecule has 5 nitrogen and oxygen atoms in total. The third kappa shape index (κ3) is 3.15. The van der Waals surface area contributed by atoms with Crippen LogP contribution in [0.5, 0.6) is 0 Å². The van der Waals surface area contributed by atoms with Gasteiger partial charge in [-0.2, -0.15) is 0 Å². The number of hydrogen-bond donors (Lipinski definition) is 1. The molecule has 0 bridgehead atoms. The van der Waals surface area contributed by atoms with Gasteiger partial charge in [-0.1, -0.05) is 37.6 Å². The quantitative estimate of drug-likeness (QED) is 0.592. The molecule has 3 amide bonds. The first kappa shape index (κ1) is 18.9. The second-order valence-electron chi connectivity index (χ2n) is 7.56. The van der Waals surface area contributed by atoms with Crippen LogP contribution in [0.1, 0.15) is 59.0 Å². The van der Waals surface area contributed by atoms with Gasteiger partial charge in [0.1, 0.15) is 5.54 Å². The second kappa shape index (κ2) is 7.51. The topological polar surface area (TPSA) is 66.5 Å². The monoisotopic (exact) mass is 396 g/mol. The fourth-order valence-corrected chi connectivity index (χ4v) is 5.16. The average molecular weight is 397 g/mol. The Labute approximate surface area is 168 Å². The lowest BCUT2D eigenvalue weighted by molar-refractivity contribution is -0.131. The van der Waals surface area contributed by atoms with Gasteiger partial charge in [0.15, 0.2) is 5.78 Å². The number of ketones is 1. The van der Waals surface area contributed by atoms with E-state index in [9.17, 15) is 14.4 Å². The average Bonchev–Trinajstić information content (AvgIpc) is 3.27. The predicted molar refractivity (Wildman–Crippen MR) is 109 cm³/mol. The molecule has 4 rings (SSSR count). The minimum atomic E-state index is -0.991. The zero-order valence-corrected chi connectivity index (χ0v) is 16.8. The Morgan fingerprint density at radius 1 is 1.21 bits per heavy atom. The number of rotatable bonds is 6. The molecular formula is C22H24N2O3S. The number of fused-ring (bicyclic) bond motifs is 2. The minimum absolute atomic E-state index is 0.219. The van der Waals surface area contributed by atoms with E-state index in [4.69, 9.17) is 0 Å². The Morgan fingerprint density at radius 2 is 2.00 bits per heavy atom. The molecule has 28 heavy (non-hydrogen) atoms. The number of hydrogen-bond acceptors (Lipinski definition) is 4. The summed E-state index contributed by atoms with van der Waals surface area (Å²) >= 11 is 1.62. The van der Waals surface area contributed by atoms with Gasteiger partial charge in [-0.25, -0.2) is 4.79 Å². The maximum Gasteiger partial charge on any atom is 0.325 e. The number of nitrogens with one attached hydrogen (secondary N) is 1. The third-order valence-corrected chi connectivity index (χ3v) is 6.71. The summed E-state index contributed by atoms with van der Waals surface area (Å²) in [5.74, 6) is -0.520. The van der Waals surface area contributed by atoms with Crippen molar-refractivity contribution in [3.05, 3.63) is 57.3 Å². The molecule has 1 spiro atoms. The van der Waals surface area contributed by atoms with Crippen molar-refractivity contribution >= 4 is 29.1 Å². The van der Waals surface area contributed by atoms with Crippen molar-refractivity contribution in [3.8, 4) is 0 Å². The van der Waals surface area contributed by atoms with E-state index in [0.717, 1.165) is 47.4 Å². The summed E-state index contributed by atoms with van der Waals surface area (Å²) in [7, 11) is 0. The number of unbranched alkanes of at least 4 members (excludes halogenated alkanes) is 1. The molecule has 1 N–H and O–H groups in total. The molecule has 1 aliphatic heterocycles. The SMILES string of the molecule is CCCCc1ccc(C(=O)CN2C(=O)N[C@]3(CCCc4sccc43)C2=O)cc1. The number of urea groups is 1. The summed E-state index contributed by atoms with van der Waals surface area (Å²) in [6.45, 7) is 1.92. The van der Waals surface area contributed by atoms with E-state index in [2.05, 4.69) is 12.2 Å². The van der Waals surface area contributed by atoms with Crippen molar-refractivity contribution in [3.63, 3.8) is 0 Å². The summed E-state index contributed by atoms with van der Waals surface area (Å²) in [4.78, 5) is 40.7. The van der Waals surface area contributed by atoms with Crippen molar-refractivity contribution < 1.29 is 14.4 Å². The van der Waals surface area contributed by atoms with E-state index < -0.39 is 11.6 Å². The highest BCUT2D eigenvalue weighted by molar-refractivity contribution is 7.10. The molecular weight excluding hydrogens is 372 g/mol. The van der Waals surface area contributed by atoms with Gasteiger partial charge in [0.2, 0.25) is 0 Å². The van der Waals surface area contributed by atoms with E-state index in [1.165, 1.54) is 5.56 Å². The first-order valence-electron chi connectivity index (χ1n) is 9.88. The molecule has 146 valence electrons. The number of imide groups is 1. The number of aryl methyl sites for hydroxylation is 2. The highest BCUT2D eigenvalue weighted by Crippen LogP contribution is 2.42. The van der Waals surface area contributed by atoms with E-state index >= 15 is 0 Å². The molecule has 1 atom stereocenters. The van der Waals surface area contributed by atoms with Crippen LogP contribution < -0.4 is 5.32 Å². The molecule has 1 aromatic heterocycles. The highest BCUT2D eigenvalue weighted by Gasteiger charge is 2.54. The van der Waals surface area contributed by atoms with Gasteiger partial charge in [-0.3, -0.25) is 14.5 Å². The van der Waals surface area contributed by atoms with Crippen LogP contribution in [0.2, 0.25) is 0 Å². The Bertz CT molecular complexity index is 918. The highest BCUT2D eigenvalue weighted by atomic mass is 32.1. The summed E-state index contributed by atoms with van der Waals surface area (Å²) in [6.07, 6.45) is 5.59. The number of carbonyl (C=O) groups excluding carboxylic acids is 3. The number of Topliss-reactive ketones (excluding diaryl/α,β-unsaturated/α-hetero) is 1. The van der Waals surface area contributed by atoms with Gasteiger partial charge in [0.25, 0.3) is 5.91 Å². The van der Waals surface area contributed by atoms with Gasteiger partial charge in [0.05, 0.1) is 6.54 Å². The van der Waals surface area contributed by atoms with Crippen LogP contribution in [0.3, 0.4) is 0 Å². The van der Waals surface area contributed by atoms with Crippen molar-refractivity contribution in [2.75, 3.05) is 6.54 Å². The van der Waals surface area contributed by atoms with Crippen molar-refractivity contribution in [2.24, 2.45) is 0 Å². The molecule has 2 heterocycles. The molecule has 2 aliphatic rings. The van der Waals surface area contributed by atoms with Crippen LogP contribution in [-0.4, -0.2) is 29.2 Å². The molecule has 1 aromatic carbocycles. The predicted octanol–water partition coefficient (Wildman–Crippen LogP) is 4.06. The van der Waals surface area contributed by atoms with Crippen LogP contribution in [-0.2, 0) is 23.2 Å². The molecule has 0 saturated carbocycles. The van der Waals surface area contributed by atoms with Crippen molar-refractivity contribution in [2.45, 2.75) is 51.0 Å². The molecule has 1 fully saturated rings. The molecule has 1 saturated heterocycles. The Hall–Kier alpha value is -2.47. The van der Waals surface area contributed by atoms with Crippen LogP contribution in [0.15, 0.2) is 35.7 Å². The van der Waals surface area contributed by atoms with E-state index in [0.29, 0.717) is 12.0 Å². The van der Waals surface area contributed by atoms with Crippen LogP contribution >= 0.6 is 11.3 Å². The summed E-state index contributed by atoms with van der Waals surface area (Å²) in [5, 5.41) is 4.86. The zero-order valence-electron chi connectivity index (χ0n) is 16.0. The lowest BCUT2D eigenvalue weighted by Gasteiger charge is -2.31. The molecule has 1 aliphatic carbocycles. The normalized spacial score (nSPS) is 21.1. The third-order valence-electron chi connectivity index (χ3n) is 5.73. The standard InChI is InChI=1S/C22H24N2O3S/c1-2-3-5-15-7-9-16(10-8-15)18(25)14-24-20(26)22(23-21(24)27)12-4-6-19-17(22)11-13-28-19/h7-11,13H,2-6,12,14H2,1H3,(H,23,27)/t22-/m0/s1. The maximum absolute atomic E-state index is 13.2. The van der Waals surface area contributed by atoms with E-state index in [1.807, 2.05) is 23.6 Å². The Balaban J connectivity index is 1.51. The molecule has 0 unspecified atom stereocenters. The van der Waals surface area contributed by atoms with Crippen molar-refractivity contribution in [1.82, 2.24) is 10.2 Å². The summed E-state index contributed by atoms with van der Waals surface area (Å²) in [5.41, 5.74) is 1.63. The fraction of sp³-hybridized carbons (Fsp3) is 0.409. The van der Waals surface area contributed by atoms with Crippen molar-refractivity contribution in [1.29, 1.82) is 0 Å². The largest absolute Gasteiger partial charge is 0.325 e. The molecule has 2 aromatic rings. The van der Waals surface area contributed by atoms with E-state index in [-0.39, 0.29) is 18.2 Å². The lowest BCUT2D eigenvalue weighted by Crippen LogP contribution is -2.46. The van der Waals surface area contributed by atoms with Gasteiger partial charge < -0.3 is 5.32 Å². The number of thiophene rings is 1. The number of carbonyl (C=O) groups is 3. The van der Waals surface area contributed by atoms with Gasteiger partial charge in [-0.15, -0.1) is 11.3 Å². The van der Waals surface area contributed by atoms with Gasteiger partial charge in [0, 0.05) is 16.0 Å². The smallest absolute Gasteiger partial charge is 0.319 e.